The molecule has 1 heterocycles. The number of anilines is 2. The van der Waals surface area contributed by atoms with Gasteiger partial charge in [0.05, 0.1) is 0 Å². The molecule has 5 rings (SSSR count). The Hall–Kier alpha value is -3.07. The molecule has 0 bridgehead atoms. The number of fused-ring (bicyclic) bond motifs is 3. The summed E-state index contributed by atoms with van der Waals surface area (Å²) in [5.74, 6) is 0.233. The standard InChI is InChI=1S/C27H28N2O/c1-27(2)15-22-26(23(30)16-27)24(18-9-12-19(13-10-18)29(3)4)25-20-8-6-5-7-17(20)11-14-21(25)28-22/h5-14,24,28H,15-16H2,1-4H3/t24-/m1/s1. The van der Waals surface area contributed by atoms with Gasteiger partial charge in [-0.2, -0.15) is 0 Å². The molecular weight excluding hydrogens is 368 g/mol. The predicted octanol–water partition coefficient (Wildman–Crippen LogP) is 6.11. The van der Waals surface area contributed by atoms with E-state index in [2.05, 4.69) is 98.8 Å². The number of ketones is 1. The van der Waals surface area contributed by atoms with E-state index in [9.17, 15) is 4.79 Å². The molecule has 0 amide bonds. The van der Waals surface area contributed by atoms with Gasteiger partial charge in [0, 0.05) is 49.1 Å². The van der Waals surface area contributed by atoms with Crippen LogP contribution in [0, 0.1) is 5.41 Å². The van der Waals surface area contributed by atoms with Gasteiger partial charge in [-0.15, -0.1) is 0 Å². The average molecular weight is 397 g/mol. The molecule has 0 saturated carbocycles. The van der Waals surface area contributed by atoms with Gasteiger partial charge in [0.1, 0.15) is 0 Å². The molecule has 0 radical (unpaired) electrons. The first-order chi connectivity index (χ1) is 14.3. The molecule has 1 atom stereocenters. The molecule has 0 saturated heterocycles. The average Bonchev–Trinajstić information content (AvgIpc) is 2.71. The quantitative estimate of drug-likeness (QED) is 0.567. The largest absolute Gasteiger partial charge is 0.378 e. The Morgan fingerprint density at radius 3 is 2.40 bits per heavy atom. The van der Waals surface area contributed by atoms with E-state index < -0.39 is 0 Å². The molecule has 3 aromatic rings. The fourth-order valence-electron chi connectivity index (χ4n) is 5.10. The Kier molecular flexibility index (Phi) is 4.25. The lowest BCUT2D eigenvalue weighted by molar-refractivity contribution is -0.118. The lowest BCUT2D eigenvalue weighted by atomic mass is 9.68. The molecule has 152 valence electrons. The summed E-state index contributed by atoms with van der Waals surface area (Å²) in [5.41, 5.74) is 6.72. The molecule has 3 nitrogen and oxygen atoms in total. The topological polar surface area (TPSA) is 32.3 Å². The van der Waals surface area contributed by atoms with Crippen LogP contribution in [-0.2, 0) is 4.79 Å². The van der Waals surface area contributed by atoms with Crippen molar-refractivity contribution in [3.63, 3.8) is 0 Å². The Bertz CT molecular complexity index is 1190. The second-order valence-electron chi connectivity index (χ2n) is 9.63. The van der Waals surface area contributed by atoms with E-state index in [1.807, 2.05) is 0 Å². The molecule has 3 aromatic carbocycles. The first-order valence-corrected chi connectivity index (χ1v) is 10.7. The molecule has 30 heavy (non-hydrogen) atoms. The van der Waals surface area contributed by atoms with Crippen molar-refractivity contribution in [2.45, 2.75) is 32.6 Å². The Morgan fingerprint density at radius 2 is 1.67 bits per heavy atom. The number of nitrogens with one attached hydrogen (secondary N) is 1. The van der Waals surface area contributed by atoms with Gasteiger partial charge in [0.15, 0.2) is 5.78 Å². The number of benzene rings is 3. The van der Waals surface area contributed by atoms with Crippen molar-refractivity contribution >= 4 is 27.9 Å². The van der Waals surface area contributed by atoms with Gasteiger partial charge in [-0.25, -0.2) is 0 Å². The van der Waals surface area contributed by atoms with Crippen molar-refractivity contribution in [1.29, 1.82) is 0 Å². The van der Waals surface area contributed by atoms with Crippen molar-refractivity contribution in [2.75, 3.05) is 24.3 Å². The van der Waals surface area contributed by atoms with Crippen LogP contribution in [0.3, 0.4) is 0 Å². The minimum Gasteiger partial charge on any atom is -0.378 e. The molecular formula is C27H28N2O. The van der Waals surface area contributed by atoms with E-state index in [0.29, 0.717) is 6.42 Å². The van der Waals surface area contributed by atoms with Gasteiger partial charge in [0.2, 0.25) is 0 Å². The Morgan fingerprint density at radius 1 is 0.933 bits per heavy atom. The van der Waals surface area contributed by atoms with Gasteiger partial charge in [-0.3, -0.25) is 4.79 Å². The highest BCUT2D eigenvalue weighted by molar-refractivity contribution is 6.04. The van der Waals surface area contributed by atoms with Gasteiger partial charge >= 0.3 is 0 Å². The second-order valence-corrected chi connectivity index (χ2v) is 9.63. The maximum Gasteiger partial charge on any atom is 0.162 e. The summed E-state index contributed by atoms with van der Waals surface area (Å²) in [7, 11) is 4.10. The smallest absolute Gasteiger partial charge is 0.162 e. The van der Waals surface area contributed by atoms with Crippen molar-refractivity contribution in [3.05, 3.63) is 83.1 Å². The monoisotopic (exact) mass is 396 g/mol. The predicted molar refractivity (Wildman–Crippen MR) is 125 cm³/mol. The molecule has 0 spiro atoms. The summed E-state index contributed by atoms with van der Waals surface area (Å²) in [6.45, 7) is 4.38. The number of hydrogen-bond acceptors (Lipinski definition) is 3. The number of Topliss-reactive ketones (excluding diaryl/α,β-unsaturated/α-hetero) is 1. The Balaban J connectivity index is 1.77. The maximum atomic E-state index is 13.4. The highest BCUT2D eigenvalue weighted by Gasteiger charge is 2.41. The van der Waals surface area contributed by atoms with Crippen molar-refractivity contribution in [2.24, 2.45) is 5.41 Å². The van der Waals surface area contributed by atoms with E-state index in [-0.39, 0.29) is 17.1 Å². The van der Waals surface area contributed by atoms with E-state index in [1.54, 1.807) is 0 Å². The lowest BCUT2D eigenvalue weighted by Gasteiger charge is -2.40. The fraction of sp³-hybridized carbons (Fsp3) is 0.296. The summed E-state index contributed by atoms with van der Waals surface area (Å²) >= 11 is 0. The summed E-state index contributed by atoms with van der Waals surface area (Å²) in [6, 6.07) is 21.5. The highest BCUT2D eigenvalue weighted by atomic mass is 16.1. The molecule has 1 aliphatic heterocycles. The van der Waals surface area contributed by atoms with Crippen molar-refractivity contribution < 1.29 is 4.79 Å². The number of nitrogens with zero attached hydrogens (tertiary/aromatic N) is 1. The van der Waals surface area contributed by atoms with Crippen molar-refractivity contribution in [3.8, 4) is 0 Å². The molecule has 1 aliphatic carbocycles. The summed E-state index contributed by atoms with van der Waals surface area (Å²) < 4.78 is 0. The summed E-state index contributed by atoms with van der Waals surface area (Å²) in [4.78, 5) is 15.5. The lowest BCUT2D eigenvalue weighted by Crippen LogP contribution is -2.33. The van der Waals surface area contributed by atoms with Crippen LogP contribution in [0.25, 0.3) is 10.8 Å². The van der Waals surface area contributed by atoms with Crippen LogP contribution in [0.1, 0.15) is 43.7 Å². The molecule has 0 fully saturated rings. The van der Waals surface area contributed by atoms with Crippen LogP contribution in [-0.4, -0.2) is 19.9 Å². The molecule has 0 unspecified atom stereocenters. The van der Waals surface area contributed by atoms with Gasteiger partial charge in [-0.1, -0.05) is 56.3 Å². The number of carbonyl (C=O) groups is 1. The number of hydrogen-bond donors (Lipinski definition) is 1. The van der Waals surface area contributed by atoms with Crippen LogP contribution in [0.5, 0.6) is 0 Å². The molecule has 1 N–H and O–H groups in total. The minimum atomic E-state index is -0.0397. The van der Waals surface area contributed by atoms with Crippen molar-refractivity contribution in [1.82, 2.24) is 0 Å². The third kappa shape index (κ3) is 3.00. The zero-order chi connectivity index (χ0) is 21.0. The van der Waals surface area contributed by atoms with Crippen LogP contribution in [0.15, 0.2) is 71.9 Å². The minimum absolute atomic E-state index is 0.0173. The molecule has 3 heteroatoms. The van der Waals surface area contributed by atoms with Crippen LogP contribution < -0.4 is 10.2 Å². The van der Waals surface area contributed by atoms with E-state index in [1.165, 1.54) is 21.9 Å². The van der Waals surface area contributed by atoms with Gasteiger partial charge in [0.25, 0.3) is 0 Å². The van der Waals surface area contributed by atoms with E-state index in [0.717, 1.165) is 29.1 Å². The van der Waals surface area contributed by atoms with Gasteiger partial charge < -0.3 is 10.2 Å². The fourth-order valence-corrected chi connectivity index (χ4v) is 5.10. The molecule has 0 aromatic heterocycles. The zero-order valence-electron chi connectivity index (χ0n) is 18.1. The number of allylic oxidation sites excluding steroid dienone is 2. The second kappa shape index (κ2) is 6.73. The number of carbonyl (C=O) groups excluding carboxylic acids is 1. The zero-order valence-corrected chi connectivity index (χ0v) is 18.1. The molecule has 2 aliphatic rings. The van der Waals surface area contributed by atoms with Crippen LogP contribution >= 0.6 is 0 Å². The number of rotatable bonds is 2. The van der Waals surface area contributed by atoms with E-state index in [4.69, 9.17) is 0 Å². The van der Waals surface area contributed by atoms with Crippen LogP contribution in [0.2, 0.25) is 0 Å². The summed E-state index contributed by atoms with van der Waals surface area (Å²) in [5, 5.41) is 6.08. The van der Waals surface area contributed by atoms with Gasteiger partial charge in [-0.05, 0) is 51.9 Å². The summed E-state index contributed by atoms with van der Waals surface area (Å²) in [6.07, 6.45) is 1.49. The maximum absolute atomic E-state index is 13.4. The third-order valence-electron chi connectivity index (χ3n) is 6.50. The SMILES string of the molecule is CN(C)c1ccc([C@H]2C3=C(CC(C)(C)CC3=O)Nc3ccc4ccccc4c32)cc1. The Labute approximate surface area is 178 Å². The van der Waals surface area contributed by atoms with E-state index >= 15 is 0 Å². The third-order valence-corrected chi connectivity index (χ3v) is 6.50. The normalized spacial score (nSPS) is 19.9. The first-order valence-electron chi connectivity index (χ1n) is 10.7. The highest BCUT2D eigenvalue weighted by Crippen LogP contribution is 2.50. The van der Waals surface area contributed by atoms with Crippen LogP contribution in [0.4, 0.5) is 11.4 Å². The first kappa shape index (κ1) is 18.9.